The van der Waals surface area contributed by atoms with Gasteiger partial charge in [-0.05, 0) is 23.3 Å². The minimum atomic E-state index is -2.71. The normalized spacial score (nSPS) is 16.3. The number of fused-ring (bicyclic) bond motifs is 3. The number of carbonyl (C=O) groups is 1. The molecule has 0 bridgehead atoms. The lowest BCUT2D eigenvalue weighted by Gasteiger charge is -2.44. The quantitative estimate of drug-likeness (QED) is 0.407. The largest absolute Gasteiger partial charge is 0.363 e. The second-order valence-electron chi connectivity index (χ2n) is 9.02. The third kappa shape index (κ3) is 3.43. The molecule has 0 spiro atoms. The summed E-state index contributed by atoms with van der Waals surface area (Å²) in [7, 11) is 0. The standard InChI is InChI=1S/C26H20F2N6O/c27-26(28)13-25(30,14-26)17-8-6-16(7-9-17)21-18(15-4-2-1-3-5-15)12-19-20(31-21)10-11-34-23(19)32-33-24(34)22(29)35/h1-12H,13-14,30H2,(H2,29,35). The molecule has 0 unspecified atom stereocenters. The fourth-order valence-corrected chi connectivity index (χ4v) is 4.86. The molecule has 2 aromatic carbocycles. The Kier molecular flexibility index (Phi) is 4.49. The van der Waals surface area contributed by atoms with E-state index in [0.29, 0.717) is 22.1 Å². The summed E-state index contributed by atoms with van der Waals surface area (Å²) >= 11 is 0. The van der Waals surface area contributed by atoms with Crippen LogP contribution in [0.3, 0.4) is 0 Å². The molecule has 35 heavy (non-hydrogen) atoms. The summed E-state index contributed by atoms with van der Waals surface area (Å²) in [5, 5.41) is 8.81. The molecular formula is C26H20F2N6O. The van der Waals surface area contributed by atoms with Crippen LogP contribution in [0.2, 0.25) is 0 Å². The van der Waals surface area contributed by atoms with Gasteiger partial charge in [0.05, 0.1) is 16.7 Å². The van der Waals surface area contributed by atoms with E-state index in [9.17, 15) is 13.6 Å². The Morgan fingerprint density at radius 3 is 2.31 bits per heavy atom. The van der Waals surface area contributed by atoms with Crippen LogP contribution in [-0.2, 0) is 5.54 Å². The van der Waals surface area contributed by atoms with Gasteiger partial charge in [0.1, 0.15) is 0 Å². The Balaban J connectivity index is 1.52. The van der Waals surface area contributed by atoms with Crippen LogP contribution in [0.1, 0.15) is 29.0 Å². The fraction of sp³-hybridized carbons (Fsp3) is 0.154. The van der Waals surface area contributed by atoms with Gasteiger partial charge in [0.15, 0.2) is 5.65 Å². The van der Waals surface area contributed by atoms with Crippen LogP contribution < -0.4 is 11.5 Å². The van der Waals surface area contributed by atoms with Crippen LogP contribution >= 0.6 is 0 Å². The second kappa shape index (κ2) is 7.38. The number of primary amides is 1. The first kappa shape index (κ1) is 21.3. The third-order valence-electron chi connectivity index (χ3n) is 6.56. The highest BCUT2D eigenvalue weighted by atomic mass is 19.3. The molecule has 1 fully saturated rings. The fourth-order valence-electron chi connectivity index (χ4n) is 4.86. The van der Waals surface area contributed by atoms with E-state index in [4.69, 9.17) is 16.5 Å². The Hall–Kier alpha value is -4.24. The van der Waals surface area contributed by atoms with Crippen molar-refractivity contribution in [2.45, 2.75) is 24.3 Å². The molecular weight excluding hydrogens is 450 g/mol. The van der Waals surface area contributed by atoms with Gasteiger partial charge < -0.3 is 11.5 Å². The zero-order chi connectivity index (χ0) is 24.4. The average molecular weight is 470 g/mol. The maximum atomic E-state index is 13.5. The minimum Gasteiger partial charge on any atom is -0.363 e. The highest BCUT2D eigenvalue weighted by Gasteiger charge is 2.55. The topological polar surface area (TPSA) is 112 Å². The first-order valence-corrected chi connectivity index (χ1v) is 11.1. The number of nitrogens with zero attached hydrogens (tertiary/aromatic N) is 4. The Morgan fingerprint density at radius 2 is 1.66 bits per heavy atom. The van der Waals surface area contributed by atoms with Crippen molar-refractivity contribution >= 4 is 22.5 Å². The first-order chi connectivity index (χ1) is 16.7. The highest BCUT2D eigenvalue weighted by molar-refractivity contribution is 5.99. The lowest BCUT2D eigenvalue weighted by Crippen LogP contribution is -2.55. The number of hydrogen-bond donors (Lipinski definition) is 2. The predicted molar refractivity (Wildman–Crippen MR) is 128 cm³/mol. The lowest BCUT2D eigenvalue weighted by molar-refractivity contribution is -0.125. The number of pyridine rings is 2. The molecule has 6 rings (SSSR count). The van der Waals surface area contributed by atoms with E-state index < -0.39 is 17.4 Å². The van der Waals surface area contributed by atoms with Crippen LogP contribution in [0.5, 0.6) is 0 Å². The van der Waals surface area contributed by atoms with Crippen LogP contribution in [0.25, 0.3) is 38.9 Å². The number of rotatable bonds is 4. The Morgan fingerprint density at radius 1 is 0.943 bits per heavy atom. The summed E-state index contributed by atoms with van der Waals surface area (Å²) in [5.41, 5.74) is 15.8. The van der Waals surface area contributed by atoms with E-state index in [-0.39, 0.29) is 18.7 Å². The van der Waals surface area contributed by atoms with Crippen LogP contribution in [-0.4, -0.2) is 31.4 Å². The zero-order valence-corrected chi connectivity index (χ0v) is 18.5. The molecule has 0 radical (unpaired) electrons. The summed E-state index contributed by atoms with van der Waals surface area (Å²) in [5.74, 6) is -3.35. The zero-order valence-electron chi connectivity index (χ0n) is 18.5. The summed E-state index contributed by atoms with van der Waals surface area (Å²) in [4.78, 5) is 16.7. The number of nitrogens with two attached hydrogens (primary N) is 2. The van der Waals surface area contributed by atoms with Crippen molar-refractivity contribution in [3.05, 3.63) is 84.3 Å². The number of alkyl halides is 2. The van der Waals surface area contributed by atoms with Gasteiger partial charge >= 0.3 is 0 Å². The molecule has 0 saturated heterocycles. The molecule has 1 saturated carbocycles. The van der Waals surface area contributed by atoms with E-state index >= 15 is 0 Å². The van der Waals surface area contributed by atoms with Gasteiger partial charge in [-0.25, -0.2) is 13.8 Å². The highest BCUT2D eigenvalue weighted by Crippen LogP contribution is 2.50. The molecule has 1 aliphatic rings. The molecule has 0 aliphatic heterocycles. The Labute approximate surface area is 198 Å². The van der Waals surface area contributed by atoms with Gasteiger partial charge in [-0.15, -0.1) is 10.2 Å². The van der Waals surface area contributed by atoms with Crippen molar-refractivity contribution < 1.29 is 13.6 Å². The van der Waals surface area contributed by atoms with E-state index in [1.165, 1.54) is 0 Å². The van der Waals surface area contributed by atoms with E-state index in [1.807, 2.05) is 48.5 Å². The van der Waals surface area contributed by atoms with Crippen molar-refractivity contribution in [2.24, 2.45) is 11.5 Å². The molecule has 3 heterocycles. The number of hydrogen-bond acceptors (Lipinski definition) is 5. The summed E-state index contributed by atoms with van der Waals surface area (Å²) in [6, 6.07) is 20.8. The number of benzene rings is 2. The third-order valence-corrected chi connectivity index (χ3v) is 6.56. The van der Waals surface area contributed by atoms with Gasteiger partial charge in [-0.2, -0.15) is 0 Å². The smallest absolute Gasteiger partial charge is 0.287 e. The average Bonchev–Trinajstić information content (AvgIpc) is 3.28. The molecule has 7 nitrogen and oxygen atoms in total. The van der Waals surface area contributed by atoms with Crippen molar-refractivity contribution in [1.82, 2.24) is 19.6 Å². The lowest BCUT2D eigenvalue weighted by atomic mass is 9.70. The van der Waals surface area contributed by atoms with E-state index in [2.05, 4.69) is 10.2 Å². The van der Waals surface area contributed by atoms with E-state index in [0.717, 1.165) is 22.4 Å². The minimum absolute atomic E-state index is 0.0418. The first-order valence-electron chi connectivity index (χ1n) is 11.1. The molecule has 1 aliphatic carbocycles. The van der Waals surface area contributed by atoms with Crippen LogP contribution in [0, 0.1) is 0 Å². The van der Waals surface area contributed by atoms with Gasteiger partial charge in [0, 0.05) is 35.6 Å². The maximum absolute atomic E-state index is 13.5. The van der Waals surface area contributed by atoms with Gasteiger partial charge in [-0.3, -0.25) is 9.20 Å². The second-order valence-corrected chi connectivity index (χ2v) is 9.02. The number of amides is 1. The Bertz CT molecular complexity index is 1600. The molecule has 0 atom stereocenters. The summed E-state index contributed by atoms with van der Waals surface area (Å²) in [6.07, 6.45) is 0.948. The van der Waals surface area contributed by atoms with Gasteiger partial charge in [0.25, 0.3) is 11.8 Å². The summed E-state index contributed by atoms with van der Waals surface area (Å²) in [6.45, 7) is 0. The molecule has 9 heteroatoms. The van der Waals surface area contributed by atoms with E-state index in [1.54, 1.807) is 28.8 Å². The van der Waals surface area contributed by atoms with Crippen molar-refractivity contribution in [2.75, 3.05) is 0 Å². The molecule has 5 aromatic rings. The summed E-state index contributed by atoms with van der Waals surface area (Å²) < 4.78 is 28.5. The van der Waals surface area contributed by atoms with Crippen molar-refractivity contribution in [1.29, 1.82) is 0 Å². The number of aromatic nitrogens is 4. The van der Waals surface area contributed by atoms with Crippen LogP contribution in [0.4, 0.5) is 8.78 Å². The number of halogens is 2. The SMILES string of the molecule is NC(=O)c1nnc2c3cc(-c4ccccc4)c(-c4ccc(C5(N)CC(F)(F)C5)cc4)nc3ccn12. The molecule has 3 aromatic heterocycles. The monoisotopic (exact) mass is 470 g/mol. The molecule has 1 amide bonds. The number of carbonyl (C=O) groups excluding carboxylic acids is 1. The van der Waals surface area contributed by atoms with Gasteiger partial charge in [0.2, 0.25) is 5.82 Å². The van der Waals surface area contributed by atoms with Crippen LogP contribution in [0.15, 0.2) is 72.9 Å². The maximum Gasteiger partial charge on any atom is 0.287 e. The van der Waals surface area contributed by atoms with Crippen molar-refractivity contribution in [3.63, 3.8) is 0 Å². The molecule has 174 valence electrons. The predicted octanol–water partition coefficient (Wildman–Crippen LogP) is 4.29. The van der Waals surface area contributed by atoms with Crippen molar-refractivity contribution in [3.8, 4) is 22.4 Å². The molecule has 4 N–H and O–H groups in total. The van der Waals surface area contributed by atoms with Gasteiger partial charge in [-0.1, -0.05) is 54.6 Å².